The summed E-state index contributed by atoms with van der Waals surface area (Å²) in [4.78, 5) is 0. The van der Waals surface area contributed by atoms with Gasteiger partial charge in [-0.05, 0) is 131 Å². The highest BCUT2D eigenvalue weighted by atomic mass is 19.2. The largest absolute Gasteiger partial charge is 0.491 e. The summed E-state index contributed by atoms with van der Waals surface area (Å²) >= 11 is 0. The molecular weight excluding hydrogens is 504 g/mol. The van der Waals surface area contributed by atoms with E-state index in [9.17, 15) is 17.6 Å². The summed E-state index contributed by atoms with van der Waals surface area (Å²) < 4.78 is 69.4. The van der Waals surface area contributed by atoms with Crippen LogP contribution in [0.5, 0.6) is 11.5 Å². The minimum atomic E-state index is -1.28. The van der Waals surface area contributed by atoms with Crippen molar-refractivity contribution in [2.75, 3.05) is 13.2 Å². The molecule has 0 N–H and O–H groups in total. The molecule has 5 rings (SSSR count). The van der Waals surface area contributed by atoms with Gasteiger partial charge in [0, 0.05) is 11.1 Å². The lowest BCUT2D eigenvalue weighted by molar-refractivity contribution is 0.0628. The number of rotatable bonds is 8. The number of hydrogen-bond acceptors (Lipinski definition) is 2. The maximum Gasteiger partial charge on any atom is 0.201 e. The van der Waals surface area contributed by atoms with Gasteiger partial charge in [-0.1, -0.05) is 6.08 Å². The third-order valence-corrected chi connectivity index (χ3v) is 9.74. The summed E-state index contributed by atoms with van der Waals surface area (Å²) in [7, 11) is 0. The van der Waals surface area contributed by atoms with Crippen LogP contribution in [-0.2, 0) is 0 Å². The maximum absolute atomic E-state index is 14.9. The van der Waals surface area contributed by atoms with Crippen LogP contribution >= 0.6 is 0 Å². The number of halogens is 4. The first-order valence-corrected chi connectivity index (χ1v) is 14.7. The Hall–Kier alpha value is -2.50. The van der Waals surface area contributed by atoms with Gasteiger partial charge in [0.25, 0.3) is 0 Å². The quantitative estimate of drug-likeness (QED) is 0.243. The highest BCUT2D eigenvalue weighted by molar-refractivity contribution is 5.67. The molecule has 3 fully saturated rings. The molecule has 3 aliphatic rings. The molecule has 2 nitrogen and oxygen atoms in total. The van der Waals surface area contributed by atoms with Crippen molar-refractivity contribution in [1.82, 2.24) is 0 Å². The van der Waals surface area contributed by atoms with E-state index in [1.54, 1.807) is 6.92 Å². The van der Waals surface area contributed by atoms with E-state index in [1.165, 1.54) is 75.6 Å². The summed E-state index contributed by atoms with van der Waals surface area (Å²) in [5.41, 5.74) is -0.715. The Morgan fingerprint density at radius 1 is 0.667 bits per heavy atom. The number of hydrogen-bond donors (Lipinski definition) is 0. The van der Waals surface area contributed by atoms with Crippen molar-refractivity contribution < 1.29 is 27.0 Å². The smallest absolute Gasteiger partial charge is 0.201 e. The molecule has 0 saturated heterocycles. The zero-order chi connectivity index (χ0) is 27.5. The van der Waals surface area contributed by atoms with Crippen LogP contribution in [-0.4, -0.2) is 13.2 Å². The van der Waals surface area contributed by atoms with Gasteiger partial charge in [0.2, 0.25) is 11.6 Å². The van der Waals surface area contributed by atoms with Crippen LogP contribution in [0.2, 0.25) is 0 Å². The Kier molecular flexibility index (Phi) is 8.88. The third kappa shape index (κ3) is 6.00. The van der Waals surface area contributed by atoms with E-state index in [1.807, 2.05) is 0 Å². The van der Waals surface area contributed by atoms with E-state index in [4.69, 9.17) is 9.47 Å². The number of benzene rings is 2. The molecule has 0 bridgehead atoms. The van der Waals surface area contributed by atoms with Crippen molar-refractivity contribution in [3.63, 3.8) is 0 Å². The highest BCUT2D eigenvalue weighted by Gasteiger charge is 2.38. The molecule has 3 saturated carbocycles. The number of fused-ring (bicyclic) bond motifs is 1. The van der Waals surface area contributed by atoms with Crippen LogP contribution in [0.4, 0.5) is 17.6 Å². The molecule has 3 aliphatic carbocycles. The minimum Gasteiger partial charge on any atom is -0.491 e. The molecular formula is C33H40F4O2. The van der Waals surface area contributed by atoms with E-state index in [-0.39, 0.29) is 29.2 Å². The lowest BCUT2D eigenvalue weighted by Gasteiger charge is -2.45. The molecule has 4 atom stereocenters. The molecule has 0 amide bonds. The summed E-state index contributed by atoms with van der Waals surface area (Å²) in [6.07, 6.45) is 14.6. The van der Waals surface area contributed by atoms with E-state index < -0.39 is 23.3 Å². The summed E-state index contributed by atoms with van der Waals surface area (Å²) in [6, 6.07) is 4.95. The Morgan fingerprint density at radius 2 is 1.18 bits per heavy atom. The molecule has 2 aromatic rings. The second kappa shape index (κ2) is 12.3. The monoisotopic (exact) mass is 544 g/mol. The Labute approximate surface area is 229 Å². The van der Waals surface area contributed by atoms with Crippen LogP contribution in [0.25, 0.3) is 11.1 Å². The van der Waals surface area contributed by atoms with Gasteiger partial charge in [-0.2, -0.15) is 8.78 Å². The van der Waals surface area contributed by atoms with Gasteiger partial charge in [-0.15, -0.1) is 6.58 Å². The highest BCUT2D eigenvalue weighted by Crippen LogP contribution is 2.49. The standard InChI is InChI=1S/C33H40F4O2/c1-3-20-5-10-25-18-24(12-11-23(25)17-20)22-8-6-21(7-9-22)19-39-29-16-14-27(31(35)33(29)37)26-13-15-28(38-4-2)32(36)30(26)34/h3,13-16,20-25H,1,4-12,17-19H2,2H3. The average molecular weight is 545 g/mol. The molecule has 6 heteroatoms. The predicted molar refractivity (Wildman–Crippen MR) is 146 cm³/mol. The molecule has 4 unspecified atom stereocenters. The normalized spacial score (nSPS) is 28.9. The first-order chi connectivity index (χ1) is 18.9. The molecule has 0 aromatic heterocycles. The summed E-state index contributed by atoms with van der Waals surface area (Å²) in [5, 5.41) is 0. The lowest BCUT2D eigenvalue weighted by atomic mass is 9.61. The fraction of sp³-hybridized carbons (Fsp3) is 0.576. The van der Waals surface area contributed by atoms with Crippen LogP contribution in [0.3, 0.4) is 0 Å². The first-order valence-electron chi connectivity index (χ1n) is 14.7. The van der Waals surface area contributed by atoms with Crippen molar-refractivity contribution in [3.05, 3.63) is 60.2 Å². The first kappa shape index (κ1) is 28.0. The van der Waals surface area contributed by atoms with Gasteiger partial charge in [-0.25, -0.2) is 8.78 Å². The predicted octanol–water partition coefficient (Wildman–Crippen LogP) is 9.51. The van der Waals surface area contributed by atoms with Crippen LogP contribution in [0.1, 0.15) is 71.1 Å². The van der Waals surface area contributed by atoms with Gasteiger partial charge in [0.1, 0.15) is 0 Å². The molecule has 0 radical (unpaired) electrons. The van der Waals surface area contributed by atoms with E-state index >= 15 is 0 Å². The van der Waals surface area contributed by atoms with Crippen LogP contribution < -0.4 is 9.47 Å². The molecule has 2 aromatic carbocycles. The second-order valence-electron chi connectivity index (χ2n) is 11.9. The van der Waals surface area contributed by atoms with Crippen LogP contribution in [0, 0.1) is 58.8 Å². The summed E-state index contributed by atoms with van der Waals surface area (Å²) in [5.74, 6) is -1.03. The zero-order valence-electron chi connectivity index (χ0n) is 22.9. The van der Waals surface area contributed by atoms with E-state index in [2.05, 4.69) is 12.7 Å². The van der Waals surface area contributed by atoms with Crippen molar-refractivity contribution in [3.8, 4) is 22.6 Å². The van der Waals surface area contributed by atoms with Crippen molar-refractivity contribution >= 4 is 0 Å². The second-order valence-corrected chi connectivity index (χ2v) is 11.9. The molecule has 39 heavy (non-hydrogen) atoms. The molecule has 0 aliphatic heterocycles. The maximum atomic E-state index is 14.9. The lowest BCUT2D eigenvalue weighted by Crippen LogP contribution is -2.34. The average Bonchev–Trinajstić information content (AvgIpc) is 2.96. The van der Waals surface area contributed by atoms with Gasteiger partial charge in [0.05, 0.1) is 13.2 Å². The molecule has 0 heterocycles. The van der Waals surface area contributed by atoms with Crippen molar-refractivity contribution in [2.45, 2.75) is 71.1 Å². The molecule has 212 valence electrons. The minimum absolute atomic E-state index is 0.157. The Morgan fingerprint density at radius 3 is 1.77 bits per heavy atom. The van der Waals surface area contributed by atoms with Gasteiger partial charge >= 0.3 is 0 Å². The summed E-state index contributed by atoms with van der Waals surface area (Å²) in [6.45, 7) is 6.14. The number of allylic oxidation sites excluding steroid dienone is 1. The van der Waals surface area contributed by atoms with Crippen LogP contribution in [0.15, 0.2) is 36.9 Å². The SMILES string of the molecule is C=CC1CCC2CC(C3CCC(COc4ccc(-c5ccc(OCC)c(F)c5F)c(F)c4F)CC3)CCC2C1. The van der Waals surface area contributed by atoms with Gasteiger partial charge in [-0.3, -0.25) is 0 Å². The Bertz CT molecular complexity index is 1160. The Balaban J connectivity index is 1.14. The zero-order valence-corrected chi connectivity index (χ0v) is 22.9. The third-order valence-electron chi connectivity index (χ3n) is 9.74. The number of ether oxygens (including phenoxy) is 2. The van der Waals surface area contributed by atoms with Crippen molar-refractivity contribution in [2.24, 2.45) is 35.5 Å². The van der Waals surface area contributed by atoms with E-state index in [0.717, 1.165) is 36.5 Å². The fourth-order valence-corrected chi connectivity index (χ4v) is 7.50. The van der Waals surface area contributed by atoms with Gasteiger partial charge < -0.3 is 9.47 Å². The fourth-order valence-electron chi connectivity index (χ4n) is 7.50. The van der Waals surface area contributed by atoms with Crippen molar-refractivity contribution in [1.29, 1.82) is 0 Å². The van der Waals surface area contributed by atoms with Gasteiger partial charge in [0.15, 0.2) is 23.1 Å². The molecule has 0 spiro atoms. The topological polar surface area (TPSA) is 18.5 Å². The van der Waals surface area contributed by atoms with E-state index in [0.29, 0.717) is 18.4 Å².